The molecule has 2 rings (SSSR count). The van der Waals surface area contributed by atoms with Crippen molar-refractivity contribution in [3.63, 3.8) is 0 Å². The van der Waals surface area contributed by atoms with Crippen LogP contribution in [0.4, 0.5) is 0 Å². The summed E-state index contributed by atoms with van der Waals surface area (Å²) in [4.78, 5) is 0. The summed E-state index contributed by atoms with van der Waals surface area (Å²) >= 11 is 7.78. The van der Waals surface area contributed by atoms with Crippen LogP contribution in [0.2, 0.25) is 5.02 Å². The molecule has 1 atom stereocenters. The molecule has 1 saturated heterocycles. The van der Waals surface area contributed by atoms with Crippen LogP contribution in [0.15, 0.2) is 18.2 Å². The summed E-state index contributed by atoms with van der Waals surface area (Å²) < 4.78 is 5.73. The number of benzene rings is 1. The molecule has 82 valence electrons. The molecule has 1 heterocycles. The Hall–Kier alpha value is -0.380. The van der Waals surface area contributed by atoms with Crippen LogP contribution in [0.1, 0.15) is 5.56 Å². The molecule has 1 aromatic rings. The Kier molecular flexibility index (Phi) is 3.78. The summed E-state index contributed by atoms with van der Waals surface area (Å²) in [6, 6.07) is 5.71. The quantitative estimate of drug-likeness (QED) is 0.882. The lowest BCUT2D eigenvalue weighted by atomic mass is 10.2. The third-order valence-electron chi connectivity index (χ3n) is 2.32. The van der Waals surface area contributed by atoms with Crippen molar-refractivity contribution in [1.29, 1.82) is 0 Å². The van der Waals surface area contributed by atoms with Gasteiger partial charge < -0.3 is 10.1 Å². The van der Waals surface area contributed by atoms with Crippen LogP contribution in [0.5, 0.6) is 5.75 Å². The Bertz CT molecular complexity index is 339. The summed E-state index contributed by atoms with van der Waals surface area (Å²) in [6.07, 6.45) is 0. The van der Waals surface area contributed by atoms with Crippen molar-refractivity contribution in [2.24, 2.45) is 0 Å². The average Bonchev–Trinajstić information content (AvgIpc) is 2.69. The largest absolute Gasteiger partial charge is 0.491 e. The van der Waals surface area contributed by atoms with E-state index >= 15 is 0 Å². The molecule has 1 N–H and O–H groups in total. The normalized spacial score (nSPS) is 20.5. The second-order valence-electron chi connectivity index (χ2n) is 3.53. The molecular weight excluding hydrogens is 230 g/mol. The van der Waals surface area contributed by atoms with Crippen molar-refractivity contribution in [1.82, 2.24) is 5.32 Å². The maximum Gasteiger partial charge on any atom is 0.122 e. The molecule has 0 aliphatic carbocycles. The fourth-order valence-corrected chi connectivity index (χ4v) is 2.67. The molecule has 1 unspecified atom stereocenters. The lowest BCUT2D eigenvalue weighted by molar-refractivity contribution is 0.305. The van der Waals surface area contributed by atoms with Gasteiger partial charge in [0.15, 0.2) is 0 Å². The number of ether oxygens (including phenoxy) is 1. The van der Waals surface area contributed by atoms with Gasteiger partial charge in [-0.3, -0.25) is 0 Å². The predicted molar refractivity (Wildman–Crippen MR) is 65.9 cm³/mol. The number of thioether (sulfide) groups is 1. The van der Waals surface area contributed by atoms with Crippen molar-refractivity contribution < 1.29 is 4.74 Å². The number of hydrogen-bond donors (Lipinski definition) is 1. The molecule has 1 aliphatic rings. The minimum absolute atomic E-state index is 0.431. The first-order valence-corrected chi connectivity index (χ1v) is 6.42. The van der Waals surface area contributed by atoms with Crippen molar-refractivity contribution in [3.05, 3.63) is 28.8 Å². The maximum absolute atomic E-state index is 5.87. The zero-order valence-electron chi connectivity index (χ0n) is 8.63. The van der Waals surface area contributed by atoms with E-state index in [4.69, 9.17) is 16.3 Å². The molecule has 4 heteroatoms. The molecule has 1 aliphatic heterocycles. The number of aryl methyl sites for hydroxylation is 1. The average molecular weight is 244 g/mol. The zero-order valence-corrected chi connectivity index (χ0v) is 10.2. The van der Waals surface area contributed by atoms with Crippen LogP contribution in [0.25, 0.3) is 0 Å². The Morgan fingerprint density at radius 1 is 1.60 bits per heavy atom. The summed E-state index contributed by atoms with van der Waals surface area (Å²) in [7, 11) is 0. The molecule has 0 saturated carbocycles. The molecule has 0 radical (unpaired) electrons. The molecule has 15 heavy (non-hydrogen) atoms. The fraction of sp³-hybridized carbons (Fsp3) is 0.455. The number of halogens is 1. The van der Waals surface area contributed by atoms with Crippen molar-refractivity contribution in [2.45, 2.75) is 12.3 Å². The van der Waals surface area contributed by atoms with Gasteiger partial charge in [0, 0.05) is 17.3 Å². The Labute approximate surface area is 99.3 Å². The third kappa shape index (κ3) is 3.03. The SMILES string of the molecule is Cc1cc(Cl)ccc1OCC1NCCS1. The lowest BCUT2D eigenvalue weighted by Gasteiger charge is -2.13. The van der Waals surface area contributed by atoms with E-state index in [2.05, 4.69) is 5.32 Å². The van der Waals surface area contributed by atoms with E-state index in [1.165, 1.54) is 5.75 Å². The first-order valence-electron chi connectivity index (χ1n) is 4.99. The second kappa shape index (κ2) is 5.10. The van der Waals surface area contributed by atoms with E-state index in [0.717, 1.165) is 22.9 Å². The van der Waals surface area contributed by atoms with Gasteiger partial charge in [0.25, 0.3) is 0 Å². The summed E-state index contributed by atoms with van der Waals surface area (Å²) in [6.45, 7) is 3.81. The van der Waals surface area contributed by atoms with Crippen LogP contribution in [-0.4, -0.2) is 24.3 Å². The topological polar surface area (TPSA) is 21.3 Å². The van der Waals surface area contributed by atoms with Crippen LogP contribution in [-0.2, 0) is 0 Å². The maximum atomic E-state index is 5.87. The van der Waals surface area contributed by atoms with Gasteiger partial charge in [0.05, 0.1) is 5.37 Å². The van der Waals surface area contributed by atoms with E-state index in [9.17, 15) is 0 Å². The second-order valence-corrected chi connectivity index (χ2v) is 5.28. The summed E-state index contributed by atoms with van der Waals surface area (Å²) in [5.74, 6) is 2.10. The minimum Gasteiger partial charge on any atom is -0.491 e. The van der Waals surface area contributed by atoms with Gasteiger partial charge in [-0.2, -0.15) is 0 Å². The molecule has 1 fully saturated rings. The van der Waals surface area contributed by atoms with Crippen LogP contribution in [0.3, 0.4) is 0 Å². The molecule has 2 nitrogen and oxygen atoms in total. The van der Waals surface area contributed by atoms with Gasteiger partial charge in [0.1, 0.15) is 12.4 Å². The number of hydrogen-bond acceptors (Lipinski definition) is 3. The van der Waals surface area contributed by atoms with E-state index in [-0.39, 0.29) is 0 Å². The molecular formula is C11H14ClNOS. The van der Waals surface area contributed by atoms with Gasteiger partial charge in [-0.25, -0.2) is 0 Å². The minimum atomic E-state index is 0.431. The van der Waals surface area contributed by atoms with Gasteiger partial charge in [-0.15, -0.1) is 11.8 Å². The van der Waals surface area contributed by atoms with Crippen molar-refractivity contribution in [2.75, 3.05) is 18.9 Å². The first-order chi connectivity index (χ1) is 7.25. The fourth-order valence-electron chi connectivity index (χ4n) is 1.53. The highest BCUT2D eigenvalue weighted by Crippen LogP contribution is 2.23. The van der Waals surface area contributed by atoms with Gasteiger partial charge in [-0.05, 0) is 30.7 Å². The first kappa shape index (κ1) is 11.1. The summed E-state index contributed by atoms with van der Waals surface area (Å²) in [5.41, 5.74) is 1.09. The van der Waals surface area contributed by atoms with E-state index in [0.29, 0.717) is 12.0 Å². The van der Waals surface area contributed by atoms with Crippen molar-refractivity contribution in [3.8, 4) is 5.75 Å². The molecule has 0 spiro atoms. The van der Waals surface area contributed by atoms with Crippen LogP contribution >= 0.6 is 23.4 Å². The zero-order chi connectivity index (χ0) is 10.7. The highest BCUT2D eigenvalue weighted by Gasteiger charge is 2.15. The van der Waals surface area contributed by atoms with Crippen molar-refractivity contribution >= 4 is 23.4 Å². The monoisotopic (exact) mass is 243 g/mol. The van der Waals surface area contributed by atoms with Crippen LogP contribution < -0.4 is 10.1 Å². The standard InChI is InChI=1S/C11H14ClNOS/c1-8-6-9(12)2-3-10(8)14-7-11-13-4-5-15-11/h2-3,6,11,13H,4-5,7H2,1H3. The van der Waals surface area contributed by atoms with E-state index < -0.39 is 0 Å². The van der Waals surface area contributed by atoms with Gasteiger partial charge >= 0.3 is 0 Å². The van der Waals surface area contributed by atoms with E-state index in [1.807, 2.05) is 36.9 Å². The molecule has 0 bridgehead atoms. The Balaban J connectivity index is 1.92. The Morgan fingerprint density at radius 2 is 2.47 bits per heavy atom. The molecule has 1 aromatic carbocycles. The third-order valence-corrected chi connectivity index (χ3v) is 3.70. The predicted octanol–water partition coefficient (Wildman–Crippen LogP) is 2.69. The number of nitrogens with one attached hydrogen (secondary N) is 1. The smallest absolute Gasteiger partial charge is 0.122 e. The summed E-state index contributed by atoms with van der Waals surface area (Å²) in [5, 5.41) is 4.56. The highest BCUT2D eigenvalue weighted by atomic mass is 35.5. The highest BCUT2D eigenvalue weighted by molar-refractivity contribution is 8.00. The van der Waals surface area contributed by atoms with E-state index in [1.54, 1.807) is 0 Å². The molecule has 0 amide bonds. The van der Waals surface area contributed by atoms with Gasteiger partial charge in [0.2, 0.25) is 0 Å². The molecule has 0 aromatic heterocycles. The lowest BCUT2D eigenvalue weighted by Crippen LogP contribution is -2.26. The van der Waals surface area contributed by atoms with Crippen LogP contribution in [0, 0.1) is 6.92 Å². The van der Waals surface area contributed by atoms with Gasteiger partial charge in [-0.1, -0.05) is 11.6 Å². The number of rotatable bonds is 3. The Morgan fingerprint density at radius 3 is 3.13 bits per heavy atom.